The molecule has 1 atom stereocenters. The summed E-state index contributed by atoms with van der Waals surface area (Å²) in [5.41, 5.74) is 0. The molecular weight excluding hydrogens is 352 g/mol. The van der Waals surface area contributed by atoms with Gasteiger partial charge in [0.2, 0.25) is 0 Å². The van der Waals surface area contributed by atoms with E-state index < -0.39 is 0 Å². The van der Waals surface area contributed by atoms with E-state index in [0.717, 1.165) is 31.6 Å². The fourth-order valence-corrected chi connectivity index (χ4v) is 3.86. The van der Waals surface area contributed by atoms with E-state index in [1.54, 1.807) is 0 Å². The average Bonchev–Trinajstić information content (AvgIpc) is 2.69. The minimum absolute atomic E-state index is 0.353. The number of ether oxygens (including phenoxy) is 2. The summed E-state index contributed by atoms with van der Waals surface area (Å²) in [6.07, 6.45) is 23.3. The van der Waals surface area contributed by atoms with Crippen LogP contribution in [0.1, 0.15) is 129 Å². The largest absolute Gasteiger partial charge is 0.353 e. The standard InChI is InChI=1S/C24H50O2S/c1-4-6-8-10-12-14-16-18-21-24(25-3,26-22-19-23-27)20-17-15-13-11-9-7-5-2/h27H,4-23H2,1-3H3. The summed E-state index contributed by atoms with van der Waals surface area (Å²) < 4.78 is 12.2. The number of hydrogen-bond acceptors (Lipinski definition) is 3. The SMILES string of the molecule is CCCCCCCCCCC(CCCCCCCCC)(OC)OCCCS. The number of thiol groups is 1. The summed E-state index contributed by atoms with van der Waals surface area (Å²) in [7, 11) is 1.84. The molecule has 0 fully saturated rings. The first-order valence-electron chi connectivity index (χ1n) is 12.0. The smallest absolute Gasteiger partial charge is 0.167 e. The molecule has 0 saturated heterocycles. The maximum atomic E-state index is 6.25. The Morgan fingerprint density at radius 3 is 1.37 bits per heavy atom. The molecule has 0 N–H and O–H groups in total. The predicted octanol–water partition coefficient (Wildman–Crippen LogP) is 8.34. The van der Waals surface area contributed by atoms with Crippen LogP contribution in [0.2, 0.25) is 0 Å². The Hall–Kier alpha value is 0.270. The van der Waals surface area contributed by atoms with Crippen molar-refractivity contribution < 1.29 is 9.47 Å². The summed E-state index contributed by atoms with van der Waals surface area (Å²) in [6.45, 7) is 5.33. The van der Waals surface area contributed by atoms with Gasteiger partial charge in [-0.2, -0.15) is 12.6 Å². The van der Waals surface area contributed by atoms with E-state index in [4.69, 9.17) is 9.47 Å². The lowest BCUT2D eigenvalue weighted by atomic mass is 9.98. The molecule has 0 amide bonds. The van der Waals surface area contributed by atoms with Gasteiger partial charge in [-0.05, 0) is 25.0 Å². The van der Waals surface area contributed by atoms with E-state index in [9.17, 15) is 0 Å². The van der Waals surface area contributed by atoms with Crippen LogP contribution in [0.15, 0.2) is 0 Å². The van der Waals surface area contributed by atoms with Crippen molar-refractivity contribution in [3.05, 3.63) is 0 Å². The Morgan fingerprint density at radius 1 is 0.593 bits per heavy atom. The molecule has 0 aromatic carbocycles. The van der Waals surface area contributed by atoms with E-state index in [1.165, 1.54) is 96.3 Å². The molecule has 27 heavy (non-hydrogen) atoms. The van der Waals surface area contributed by atoms with Gasteiger partial charge in [-0.1, -0.05) is 97.3 Å². The lowest BCUT2D eigenvalue weighted by Gasteiger charge is -2.33. The van der Waals surface area contributed by atoms with E-state index in [1.807, 2.05) is 7.11 Å². The first-order chi connectivity index (χ1) is 13.2. The Kier molecular flexibility index (Phi) is 21.2. The van der Waals surface area contributed by atoms with Crippen molar-refractivity contribution in [2.45, 2.75) is 135 Å². The van der Waals surface area contributed by atoms with Crippen LogP contribution < -0.4 is 0 Å². The molecule has 2 nitrogen and oxygen atoms in total. The maximum absolute atomic E-state index is 6.25. The molecule has 0 saturated carbocycles. The van der Waals surface area contributed by atoms with Crippen molar-refractivity contribution in [2.75, 3.05) is 19.5 Å². The van der Waals surface area contributed by atoms with Crippen LogP contribution in [-0.2, 0) is 9.47 Å². The lowest BCUT2D eigenvalue weighted by molar-refractivity contribution is -0.232. The van der Waals surface area contributed by atoms with E-state index >= 15 is 0 Å². The third kappa shape index (κ3) is 16.9. The highest BCUT2D eigenvalue weighted by molar-refractivity contribution is 7.80. The Balaban J connectivity index is 4.08. The molecular formula is C24H50O2S. The van der Waals surface area contributed by atoms with Crippen LogP contribution in [0.4, 0.5) is 0 Å². The van der Waals surface area contributed by atoms with E-state index in [0.29, 0.717) is 0 Å². The van der Waals surface area contributed by atoms with Crippen molar-refractivity contribution >= 4 is 12.6 Å². The van der Waals surface area contributed by atoms with Gasteiger partial charge in [-0.25, -0.2) is 0 Å². The molecule has 0 aromatic rings. The highest BCUT2D eigenvalue weighted by Gasteiger charge is 2.29. The van der Waals surface area contributed by atoms with Gasteiger partial charge in [0, 0.05) is 20.0 Å². The second kappa shape index (κ2) is 21.0. The zero-order valence-electron chi connectivity index (χ0n) is 18.9. The Bertz CT molecular complexity index is 286. The van der Waals surface area contributed by atoms with Crippen molar-refractivity contribution in [1.29, 1.82) is 0 Å². The van der Waals surface area contributed by atoms with Gasteiger partial charge in [-0.3, -0.25) is 0 Å². The second-order valence-corrected chi connectivity index (χ2v) is 8.58. The molecule has 0 aliphatic rings. The molecule has 3 heteroatoms. The van der Waals surface area contributed by atoms with Crippen molar-refractivity contribution in [3.8, 4) is 0 Å². The minimum atomic E-state index is -0.353. The topological polar surface area (TPSA) is 18.5 Å². The lowest BCUT2D eigenvalue weighted by Crippen LogP contribution is -2.35. The Morgan fingerprint density at radius 2 is 1.00 bits per heavy atom. The molecule has 0 aromatic heterocycles. The maximum Gasteiger partial charge on any atom is 0.167 e. The van der Waals surface area contributed by atoms with Crippen LogP contribution in [0.5, 0.6) is 0 Å². The average molecular weight is 403 g/mol. The van der Waals surface area contributed by atoms with E-state index in [-0.39, 0.29) is 5.79 Å². The molecule has 0 bridgehead atoms. The third-order valence-corrected chi connectivity index (χ3v) is 5.93. The zero-order chi connectivity index (χ0) is 20.1. The summed E-state index contributed by atoms with van der Waals surface area (Å²) in [4.78, 5) is 0. The normalized spacial score (nSPS) is 13.8. The molecule has 0 aliphatic carbocycles. The number of unbranched alkanes of at least 4 members (excludes halogenated alkanes) is 13. The first kappa shape index (κ1) is 27.3. The van der Waals surface area contributed by atoms with Crippen molar-refractivity contribution in [1.82, 2.24) is 0 Å². The minimum Gasteiger partial charge on any atom is -0.353 e. The highest BCUT2D eigenvalue weighted by atomic mass is 32.1. The number of hydrogen-bond donors (Lipinski definition) is 1. The van der Waals surface area contributed by atoms with Crippen LogP contribution in [0, 0.1) is 0 Å². The second-order valence-electron chi connectivity index (χ2n) is 8.14. The molecule has 1 unspecified atom stereocenters. The third-order valence-electron chi connectivity index (χ3n) is 5.61. The van der Waals surface area contributed by atoms with Gasteiger partial charge < -0.3 is 9.47 Å². The molecule has 0 rings (SSSR count). The monoisotopic (exact) mass is 402 g/mol. The molecule has 0 spiro atoms. The van der Waals surface area contributed by atoms with Crippen molar-refractivity contribution in [3.63, 3.8) is 0 Å². The molecule has 0 radical (unpaired) electrons. The first-order valence-corrected chi connectivity index (χ1v) is 12.7. The summed E-state index contributed by atoms with van der Waals surface area (Å²) in [5.74, 6) is 0.531. The van der Waals surface area contributed by atoms with Crippen LogP contribution in [0.25, 0.3) is 0 Å². The quantitative estimate of drug-likeness (QED) is 0.111. The van der Waals surface area contributed by atoms with Gasteiger partial charge in [-0.15, -0.1) is 0 Å². The van der Waals surface area contributed by atoms with Gasteiger partial charge in [0.1, 0.15) is 0 Å². The van der Waals surface area contributed by atoms with Gasteiger partial charge >= 0.3 is 0 Å². The fraction of sp³-hybridized carbons (Fsp3) is 1.00. The highest BCUT2D eigenvalue weighted by Crippen LogP contribution is 2.28. The molecule has 164 valence electrons. The summed E-state index contributed by atoms with van der Waals surface area (Å²) in [5, 5.41) is 0. The summed E-state index contributed by atoms with van der Waals surface area (Å²) >= 11 is 4.32. The molecule has 0 heterocycles. The Labute approximate surface area is 177 Å². The van der Waals surface area contributed by atoms with Crippen molar-refractivity contribution in [2.24, 2.45) is 0 Å². The van der Waals surface area contributed by atoms with Crippen LogP contribution in [0.3, 0.4) is 0 Å². The van der Waals surface area contributed by atoms with Crippen LogP contribution >= 0.6 is 12.6 Å². The molecule has 0 aliphatic heterocycles. The fourth-order valence-electron chi connectivity index (χ4n) is 3.73. The van der Waals surface area contributed by atoms with Gasteiger partial charge in [0.05, 0.1) is 6.61 Å². The zero-order valence-corrected chi connectivity index (χ0v) is 19.8. The number of methoxy groups -OCH3 is 1. The van der Waals surface area contributed by atoms with Crippen LogP contribution in [-0.4, -0.2) is 25.3 Å². The van der Waals surface area contributed by atoms with Gasteiger partial charge in [0.25, 0.3) is 0 Å². The number of rotatable bonds is 22. The van der Waals surface area contributed by atoms with Gasteiger partial charge in [0.15, 0.2) is 5.79 Å². The summed E-state index contributed by atoms with van der Waals surface area (Å²) in [6, 6.07) is 0. The predicted molar refractivity (Wildman–Crippen MR) is 124 cm³/mol. The van der Waals surface area contributed by atoms with E-state index in [2.05, 4.69) is 26.5 Å².